The number of hydrogen-bond donors (Lipinski definition) is 3. The van der Waals surface area contributed by atoms with Crippen LogP contribution in [0.5, 0.6) is 0 Å². The van der Waals surface area contributed by atoms with E-state index in [0.717, 1.165) is 6.20 Å². The summed E-state index contributed by atoms with van der Waals surface area (Å²) in [5.41, 5.74) is -0.752. The third-order valence-electron chi connectivity index (χ3n) is 5.04. The highest BCUT2D eigenvalue weighted by Crippen LogP contribution is 2.41. The molecule has 1 aliphatic heterocycles. The number of ether oxygens (including phenoxy) is 1. The van der Waals surface area contributed by atoms with Crippen molar-refractivity contribution < 1.29 is 22.5 Å². The van der Waals surface area contributed by atoms with Crippen LogP contribution in [-0.4, -0.2) is 40.4 Å². The van der Waals surface area contributed by atoms with Crippen molar-refractivity contribution in [3.63, 3.8) is 0 Å². The van der Waals surface area contributed by atoms with E-state index in [2.05, 4.69) is 25.6 Å². The zero-order valence-corrected chi connectivity index (χ0v) is 18.9. The number of aromatic amines is 1. The Bertz CT molecular complexity index is 1260. The molecule has 0 spiro atoms. The van der Waals surface area contributed by atoms with E-state index >= 15 is 0 Å². The second-order valence-electron chi connectivity index (χ2n) is 8.66. The molecule has 7 nitrogen and oxygen atoms in total. The van der Waals surface area contributed by atoms with Crippen LogP contribution in [0.4, 0.5) is 19.1 Å². The topological polar surface area (TPSA) is 91.9 Å². The maximum absolute atomic E-state index is 13.8. The van der Waals surface area contributed by atoms with Crippen LogP contribution in [0.3, 0.4) is 0 Å². The van der Waals surface area contributed by atoms with Gasteiger partial charge in [0.15, 0.2) is 0 Å². The van der Waals surface area contributed by atoms with E-state index in [1.54, 1.807) is 37.7 Å². The second kappa shape index (κ2) is 7.55. The number of fused-ring (bicyclic) bond motifs is 1. The fourth-order valence-electron chi connectivity index (χ4n) is 3.42. The van der Waals surface area contributed by atoms with Crippen molar-refractivity contribution in [1.82, 2.24) is 20.3 Å². The van der Waals surface area contributed by atoms with E-state index in [9.17, 15) is 17.7 Å². The number of H-pyrrole nitrogens is 1. The van der Waals surface area contributed by atoms with Crippen LogP contribution < -0.4 is 15.9 Å². The molecule has 4 rings (SSSR count). The average molecular weight is 465 g/mol. The number of anilines is 1. The summed E-state index contributed by atoms with van der Waals surface area (Å²) in [5.74, 6) is 0.261. The monoisotopic (exact) mass is 465 g/mol. The van der Waals surface area contributed by atoms with Crippen LogP contribution in [0.1, 0.15) is 19.4 Å². The Hall–Kier alpha value is -3.00. The molecule has 0 amide bonds. The van der Waals surface area contributed by atoms with Gasteiger partial charge >= 0.3 is 6.18 Å². The molecule has 3 heterocycles. The Morgan fingerprint density at radius 3 is 2.62 bits per heavy atom. The molecule has 2 aromatic heterocycles. The van der Waals surface area contributed by atoms with Gasteiger partial charge in [0.25, 0.3) is 0 Å². The number of benzene rings is 1. The Balaban J connectivity index is 1.82. The third kappa shape index (κ3) is 4.32. The van der Waals surface area contributed by atoms with E-state index < -0.39 is 18.9 Å². The normalized spacial score (nSPS) is 16.3. The highest BCUT2D eigenvalue weighted by atomic mass is 31.2. The molecule has 3 aromatic rings. The number of rotatable bonds is 4. The maximum Gasteiger partial charge on any atom is 0.419 e. The van der Waals surface area contributed by atoms with Gasteiger partial charge in [0.1, 0.15) is 19.3 Å². The second-order valence-corrected chi connectivity index (χ2v) is 11.8. The third-order valence-corrected chi connectivity index (χ3v) is 6.57. The Morgan fingerprint density at radius 1 is 1.25 bits per heavy atom. The first kappa shape index (κ1) is 22.2. The van der Waals surface area contributed by atoms with Crippen molar-refractivity contribution in [2.24, 2.45) is 0 Å². The Kier molecular flexibility index (Phi) is 5.24. The van der Waals surface area contributed by atoms with Crippen molar-refractivity contribution >= 4 is 29.3 Å². The van der Waals surface area contributed by atoms with E-state index in [1.807, 2.05) is 13.8 Å². The summed E-state index contributed by atoms with van der Waals surface area (Å²) in [5, 5.41) is 7.01. The van der Waals surface area contributed by atoms with Crippen LogP contribution in [-0.2, 0) is 15.5 Å². The largest absolute Gasteiger partial charge is 0.475 e. The van der Waals surface area contributed by atoms with Crippen molar-refractivity contribution in [2.45, 2.75) is 25.6 Å². The van der Waals surface area contributed by atoms with Crippen LogP contribution in [0.2, 0.25) is 0 Å². The summed E-state index contributed by atoms with van der Waals surface area (Å²) in [6.45, 7) is 7.48. The van der Waals surface area contributed by atoms with Crippen LogP contribution in [0.15, 0.2) is 42.7 Å². The molecule has 1 aliphatic rings. The lowest BCUT2D eigenvalue weighted by Crippen LogP contribution is -2.44. The molecule has 170 valence electrons. The van der Waals surface area contributed by atoms with Crippen molar-refractivity contribution in [1.29, 1.82) is 0 Å². The summed E-state index contributed by atoms with van der Waals surface area (Å²) >= 11 is 0. The highest BCUT2D eigenvalue weighted by molar-refractivity contribution is 7.70. The zero-order valence-electron chi connectivity index (χ0n) is 18.0. The van der Waals surface area contributed by atoms with Gasteiger partial charge in [-0.3, -0.25) is 5.32 Å². The van der Waals surface area contributed by atoms with Gasteiger partial charge < -0.3 is 19.6 Å². The van der Waals surface area contributed by atoms with Crippen molar-refractivity contribution in [3.8, 4) is 11.3 Å². The molecule has 0 fully saturated rings. The Labute approximate surface area is 182 Å². The van der Waals surface area contributed by atoms with Gasteiger partial charge in [-0.1, -0.05) is 12.1 Å². The molecule has 0 atom stereocenters. The van der Waals surface area contributed by atoms with Gasteiger partial charge in [-0.2, -0.15) is 13.2 Å². The molecule has 0 saturated heterocycles. The maximum atomic E-state index is 13.8. The molecule has 0 aliphatic carbocycles. The minimum Gasteiger partial charge on any atom is -0.475 e. The summed E-state index contributed by atoms with van der Waals surface area (Å²) in [4.78, 5) is 11.0. The number of hydrogen-bond acceptors (Lipinski definition) is 6. The first-order valence-corrected chi connectivity index (χ1v) is 12.4. The van der Waals surface area contributed by atoms with Gasteiger partial charge in [-0.25, -0.2) is 9.97 Å². The molecule has 11 heteroatoms. The molecular weight excluding hydrogens is 442 g/mol. The van der Waals surface area contributed by atoms with Gasteiger partial charge in [-0.15, -0.1) is 0 Å². The SMILES string of the molecule is CC1(C)COC(Nc2ncc(C(F)(F)F)c(-c3c[nH]c4c(P(C)(C)=O)cccc34)n2)=CN1. The highest BCUT2D eigenvalue weighted by Gasteiger charge is 2.36. The smallest absolute Gasteiger partial charge is 0.419 e. The summed E-state index contributed by atoms with van der Waals surface area (Å²) in [6.07, 6.45) is -0.876. The molecule has 0 unspecified atom stereocenters. The van der Waals surface area contributed by atoms with Crippen molar-refractivity contribution in [2.75, 3.05) is 25.3 Å². The molecular formula is C21H23F3N5O2P. The molecule has 3 N–H and O–H groups in total. The lowest BCUT2D eigenvalue weighted by atomic mass is 10.1. The zero-order chi connectivity index (χ0) is 23.3. The fraction of sp³-hybridized carbons (Fsp3) is 0.333. The van der Waals surface area contributed by atoms with Gasteiger partial charge in [0, 0.05) is 28.6 Å². The number of aromatic nitrogens is 3. The summed E-state index contributed by atoms with van der Waals surface area (Å²) in [7, 11) is -2.66. The number of nitrogens with zero attached hydrogens (tertiary/aromatic N) is 2. The predicted octanol–water partition coefficient (Wildman–Crippen LogP) is 4.50. The first-order valence-electron chi connectivity index (χ1n) is 9.83. The van der Waals surface area contributed by atoms with E-state index in [-0.39, 0.29) is 22.7 Å². The minimum absolute atomic E-state index is 0.0390. The lowest BCUT2D eigenvalue weighted by molar-refractivity contribution is -0.137. The van der Waals surface area contributed by atoms with E-state index in [0.29, 0.717) is 28.7 Å². The number of alkyl halides is 3. The lowest BCUT2D eigenvalue weighted by Gasteiger charge is -2.30. The van der Waals surface area contributed by atoms with Gasteiger partial charge in [0.05, 0.1) is 22.9 Å². The molecule has 0 bridgehead atoms. The number of halogens is 3. The van der Waals surface area contributed by atoms with Crippen LogP contribution in [0, 0.1) is 0 Å². The number of para-hydroxylation sites is 1. The summed E-state index contributed by atoms with van der Waals surface area (Å²) < 4.78 is 59.6. The molecule has 1 aromatic carbocycles. The van der Waals surface area contributed by atoms with E-state index in [4.69, 9.17) is 4.74 Å². The molecule has 32 heavy (non-hydrogen) atoms. The van der Waals surface area contributed by atoms with Gasteiger partial charge in [-0.05, 0) is 33.2 Å². The van der Waals surface area contributed by atoms with Crippen LogP contribution >= 0.6 is 7.14 Å². The number of nitrogens with one attached hydrogen (secondary N) is 3. The van der Waals surface area contributed by atoms with Crippen LogP contribution in [0.25, 0.3) is 22.2 Å². The standard InChI is InChI=1S/C21H23F3N5O2P/c1-20(2)11-31-16(10-27-20)28-19-26-9-14(21(22,23)24)17(29-19)13-8-25-18-12(13)6-5-7-15(18)32(3,4)30/h5-10,25,27H,11H2,1-4H3,(H,26,28,29). The molecule has 0 saturated carbocycles. The van der Waals surface area contributed by atoms with E-state index in [1.165, 1.54) is 6.20 Å². The quantitative estimate of drug-likeness (QED) is 0.492. The Morgan fingerprint density at radius 2 is 2.00 bits per heavy atom. The van der Waals surface area contributed by atoms with Gasteiger partial charge in [0.2, 0.25) is 11.8 Å². The average Bonchev–Trinajstić information content (AvgIpc) is 3.12. The minimum atomic E-state index is -4.66. The predicted molar refractivity (Wildman–Crippen MR) is 118 cm³/mol. The first-order chi connectivity index (χ1) is 14.9. The van der Waals surface area contributed by atoms with Crippen molar-refractivity contribution in [3.05, 3.63) is 48.2 Å². The fourth-order valence-corrected chi connectivity index (χ4v) is 4.59. The molecule has 0 radical (unpaired) electrons. The summed E-state index contributed by atoms with van der Waals surface area (Å²) in [6, 6.07) is 5.06.